The predicted octanol–water partition coefficient (Wildman–Crippen LogP) is 2.15. The Labute approximate surface area is 121 Å². The summed E-state index contributed by atoms with van der Waals surface area (Å²) in [6.45, 7) is 3.25. The van der Waals surface area contributed by atoms with Gasteiger partial charge in [-0.1, -0.05) is 25.7 Å². The zero-order chi connectivity index (χ0) is 13.4. The predicted molar refractivity (Wildman–Crippen MR) is 73.6 cm³/mol. The third kappa shape index (κ3) is 3.35. The van der Waals surface area contributed by atoms with Crippen molar-refractivity contribution >= 4 is 0 Å². The lowest BCUT2D eigenvalue weighted by Gasteiger charge is -2.43. The second kappa shape index (κ2) is 5.91. The van der Waals surface area contributed by atoms with Gasteiger partial charge in [0.05, 0.1) is 38.6 Å². The number of hydrogen-bond acceptors (Lipinski definition) is 4. The molecule has 0 N–H and O–H groups in total. The molecule has 2 saturated heterocycles. The monoisotopic (exact) mass is 282 g/mol. The van der Waals surface area contributed by atoms with E-state index >= 15 is 0 Å². The minimum Gasteiger partial charge on any atom is -0.373 e. The highest BCUT2D eigenvalue weighted by molar-refractivity contribution is 4.90. The van der Waals surface area contributed by atoms with Gasteiger partial charge in [-0.25, -0.2) is 0 Å². The van der Waals surface area contributed by atoms with E-state index in [9.17, 15) is 0 Å². The van der Waals surface area contributed by atoms with Crippen LogP contribution in [0.5, 0.6) is 0 Å². The smallest absolute Gasteiger partial charge is 0.104 e. The average Bonchev–Trinajstić information content (AvgIpc) is 3.37. The van der Waals surface area contributed by atoms with Gasteiger partial charge in [-0.15, -0.1) is 0 Å². The molecule has 4 rings (SSSR count). The van der Waals surface area contributed by atoms with Gasteiger partial charge in [-0.05, 0) is 24.7 Å². The molecule has 114 valence electrons. The lowest BCUT2D eigenvalue weighted by Crippen LogP contribution is -2.44. The van der Waals surface area contributed by atoms with Crippen LogP contribution in [0.15, 0.2) is 0 Å². The largest absolute Gasteiger partial charge is 0.373 e. The molecule has 0 amide bonds. The van der Waals surface area contributed by atoms with Crippen molar-refractivity contribution in [3.8, 4) is 0 Å². The van der Waals surface area contributed by atoms with Gasteiger partial charge in [0.1, 0.15) is 12.2 Å². The fourth-order valence-corrected chi connectivity index (χ4v) is 3.95. The molecule has 0 aromatic carbocycles. The normalized spacial score (nSPS) is 46.8. The van der Waals surface area contributed by atoms with Gasteiger partial charge in [0.15, 0.2) is 0 Å². The van der Waals surface area contributed by atoms with Crippen LogP contribution < -0.4 is 0 Å². The molecule has 0 aromatic rings. The minimum absolute atomic E-state index is 0.275. The molecular formula is C16H26O4. The van der Waals surface area contributed by atoms with Crippen LogP contribution in [0.3, 0.4) is 0 Å². The van der Waals surface area contributed by atoms with Crippen molar-refractivity contribution in [2.24, 2.45) is 11.8 Å². The molecule has 4 nitrogen and oxygen atoms in total. The molecule has 4 fully saturated rings. The summed E-state index contributed by atoms with van der Waals surface area (Å²) in [7, 11) is 0. The average molecular weight is 282 g/mol. The Morgan fingerprint density at radius 2 is 1.20 bits per heavy atom. The zero-order valence-electron chi connectivity index (χ0n) is 12.2. The molecule has 4 aliphatic rings. The van der Waals surface area contributed by atoms with Crippen LogP contribution in [-0.2, 0) is 18.9 Å². The first-order chi connectivity index (χ1) is 9.88. The fraction of sp³-hybridized carbons (Fsp3) is 1.00. The summed E-state index contributed by atoms with van der Waals surface area (Å²) in [6.07, 6.45) is 9.22. The topological polar surface area (TPSA) is 43.5 Å². The van der Waals surface area contributed by atoms with E-state index in [2.05, 4.69) is 0 Å². The summed E-state index contributed by atoms with van der Waals surface area (Å²) < 4.78 is 22.8. The van der Waals surface area contributed by atoms with Crippen LogP contribution in [0.25, 0.3) is 0 Å². The molecule has 2 aliphatic carbocycles. The van der Waals surface area contributed by atoms with Crippen molar-refractivity contribution in [1.29, 1.82) is 0 Å². The molecule has 2 heterocycles. The lowest BCUT2D eigenvalue weighted by atomic mass is 9.69. The van der Waals surface area contributed by atoms with Gasteiger partial charge in [0, 0.05) is 0 Å². The first-order valence-corrected chi connectivity index (χ1v) is 8.35. The van der Waals surface area contributed by atoms with Gasteiger partial charge in [0.2, 0.25) is 0 Å². The Hall–Kier alpha value is -0.160. The summed E-state index contributed by atoms with van der Waals surface area (Å²) >= 11 is 0. The maximum atomic E-state index is 6.13. The Morgan fingerprint density at radius 1 is 0.750 bits per heavy atom. The van der Waals surface area contributed by atoms with Crippen LogP contribution in [0.1, 0.15) is 38.5 Å². The van der Waals surface area contributed by atoms with E-state index in [1.54, 1.807) is 0 Å². The highest BCUT2D eigenvalue weighted by atomic mass is 16.6. The van der Waals surface area contributed by atoms with E-state index in [4.69, 9.17) is 18.9 Å². The van der Waals surface area contributed by atoms with Crippen LogP contribution in [0.2, 0.25) is 0 Å². The number of epoxide rings is 2. The molecular weight excluding hydrogens is 256 g/mol. The second-order valence-corrected chi connectivity index (χ2v) is 6.93. The van der Waals surface area contributed by atoms with E-state index in [0.29, 0.717) is 12.2 Å². The summed E-state index contributed by atoms with van der Waals surface area (Å²) in [5, 5.41) is 0. The zero-order valence-corrected chi connectivity index (χ0v) is 12.2. The van der Waals surface area contributed by atoms with Crippen molar-refractivity contribution in [2.45, 2.75) is 62.9 Å². The van der Waals surface area contributed by atoms with Crippen molar-refractivity contribution in [3.63, 3.8) is 0 Å². The maximum Gasteiger partial charge on any atom is 0.104 e. The Morgan fingerprint density at radius 3 is 1.60 bits per heavy atom. The van der Waals surface area contributed by atoms with Crippen LogP contribution in [0.4, 0.5) is 0 Å². The molecule has 6 unspecified atom stereocenters. The Kier molecular flexibility index (Phi) is 3.99. The lowest BCUT2D eigenvalue weighted by molar-refractivity contribution is -0.125. The van der Waals surface area contributed by atoms with E-state index < -0.39 is 0 Å². The maximum absolute atomic E-state index is 6.13. The summed E-state index contributed by atoms with van der Waals surface area (Å²) in [5.41, 5.74) is 0. The number of ether oxygens (including phenoxy) is 4. The molecule has 6 atom stereocenters. The van der Waals surface area contributed by atoms with E-state index in [1.165, 1.54) is 38.5 Å². The fourth-order valence-electron chi connectivity index (χ4n) is 3.95. The van der Waals surface area contributed by atoms with Crippen molar-refractivity contribution in [2.75, 3.05) is 26.4 Å². The first-order valence-electron chi connectivity index (χ1n) is 8.35. The van der Waals surface area contributed by atoms with Crippen molar-refractivity contribution < 1.29 is 18.9 Å². The molecule has 0 bridgehead atoms. The van der Waals surface area contributed by atoms with E-state index in [-0.39, 0.29) is 12.2 Å². The Balaban J connectivity index is 1.34. The van der Waals surface area contributed by atoms with Crippen LogP contribution in [-0.4, -0.2) is 50.8 Å². The minimum atomic E-state index is 0.275. The third-order valence-electron chi connectivity index (χ3n) is 5.35. The number of rotatable bonds is 6. The highest BCUT2D eigenvalue weighted by Gasteiger charge is 2.40. The van der Waals surface area contributed by atoms with Gasteiger partial charge in [-0.3, -0.25) is 0 Å². The third-order valence-corrected chi connectivity index (χ3v) is 5.35. The van der Waals surface area contributed by atoms with Gasteiger partial charge in [0.25, 0.3) is 0 Å². The van der Waals surface area contributed by atoms with Crippen LogP contribution in [0, 0.1) is 11.8 Å². The summed E-state index contributed by atoms with van der Waals surface area (Å²) in [4.78, 5) is 0. The second-order valence-electron chi connectivity index (χ2n) is 6.93. The molecule has 2 saturated carbocycles. The number of hydrogen-bond donors (Lipinski definition) is 0. The van der Waals surface area contributed by atoms with Gasteiger partial charge >= 0.3 is 0 Å². The van der Waals surface area contributed by atoms with Crippen LogP contribution >= 0.6 is 0 Å². The first kappa shape index (κ1) is 13.5. The Bertz CT molecular complexity index is 294. The quantitative estimate of drug-likeness (QED) is 0.700. The standard InChI is InChI=1S/C16H26O4/c1-2-4-12-6-16(20-10-14-8-18-14)15(5-11(12)3-1)19-9-13-7-17-13/h11-16H,1-10H2. The molecule has 0 radical (unpaired) electrons. The molecule has 20 heavy (non-hydrogen) atoms. The SMILES string of the molecule is C1CCC2CC(OCC3CO3)C(OCC3CO3)CC2C1. The molecule has 0 spiro atoms. The van der Waals surface area contributed by atoms with Gasteiger partial charge in [-0.2, -0.15) is 0 Å². The summed E-state index contributed by atoms with van der Waals surface area (Å²) in [5.74, 6) is 1.73. The van der Waals surface area contributed by atoms with Crippen molar-refractivity contribution in [1.82, 2.24) is 0 Å². The highest BCUT2D eigenvalue weighted by Crippen LogP contribution is 2.42. The molecule has 4 heteroatoms. The molecule has 0 aromatic heterocycles. The summed E-state index contributed by atoms with van der Waals surface area (Å²) in [6, 6.07) is 0. The number of fused-ring (bicyclic) bond motifs is 1. The van der Waals surface area contributed by atoms with Gasteiger partial charge < -0.3 is 18.9 Å². The van der Waals surface area contributed by atoms with Crippen molar-refractivity contribution in [3.05, 3.63) is 0 Å². The molecule has 2 aliphatic heterocycles. The van der Waals surface area contributed by atoms with E-state index in [1.807, 2.05) is 0 Å². The van der Waals surface area contributed by atoms with E-state index in [0.717, 1.165) is 38.3 Å².